The van der Waals surface area contributed by atoms with Gasteiger partial charge in [-0.1, -0.05) is 36.7 Å². The molecule has 27 heavy (non-hydrogen) atoms. The second-order valence-electron chi connectivity index (χ2n) is 6.13. The summed E-state index contributed by atoms with van der Waals surface area (Å²) in [5.41, 5.74) is 3.14. The molecule has 0 saturated carbocycles. The molecule has 2 heterocycles. The number of hydrogen-bond acceptors (Lipinski definition) is 4. The van der Waals surface area contributed by atoms with E-state index in [0.29, 0.717) is 27.6 Å². The van der Waals surface area contributed by atoms with Gasteiger partial charge in [-0.25, -0.2) is 0 Å². The first-order valence-electron chi connectivity index (χ1n) is 8.47. The quantitative estimate of drug-likeness (QED) is 0.398. The Bertz CT molecular complexity index is 1140. The summed E-state index contributed by atoms with van der Waals surface area (Å²) in [6, 6.07) is 11.2. The number of Topliss-reactive ketones (excluding diaryl/α,β-unsaturated/α-hetero) is 1. The van der Waals surface area contributed by atoms with Gasteiger partial charge in [-0.15, -0.1) is 0 Å². The van der Waals surface area contributed by atoms with E-state index in [1.54, 1.807) is 18.3 Å². The first-order valence-corrected chi connectivity index (χ1v) is 8.84. The van der Waals surface area contributed by atoms with Crippen molar-refractivity contribution in [2.75, 3.05) is 6.79 Å². The summed E-state index contributed by atoms with van der Waals surface area (Å²) >= 11 is 6.18. The lowest BCUT2D eigenvalue weighted by atomic mass is 9.99. The van der Waals surface area contributed by atoms with Crippen molar-refractivity contribution in [2.24, 2.45) is 0 Å². The number of ether oxygens (including phenoxy) is 2. The Morgan fingerprint density at radius 1 is 1.37 bits per heavy atom. The minimum absolute atomic E-state index is 0.0210. The molecule has 0 radical (unpaired) electrons. The lowest BCUT2D eigenvalue weighted by Crippen LogP contribution is -2.01. The standard InChI is InChI=1S/C21H15ClN2O3/c1-2-13-4-3-5-15-16(10-24-19(13)15)20(25)14(9-23)6-12-7-17(22)21-18(8-12)26-11-27-21/h3-8,10,24H,2,11H2,1H3. The van der Waals surface area contributed by atoms with Gasteiger partial charge in [0, 0.05) is 22.7 Å². The van der Waals surface area contributed by atoms with Crippen LogP contribution in [0.5, 0.6) is 11.5 Å². The van der Waals surface area contributed by atoms with Gasteiger partial charge in [-0.2, -0.15) is 5.26 Å². The number of nitrogens with one attached hydrogen (secondary N) is 1. The molecule has 0 fully saturated rings. The highest BCUT2D eigenvalue weighted by Crippen LogP contribution is 2.40. The second kappa shape index (κ2) is 6.82. The van der Waals surface area contributed by atoms with Gasteiger partial charge in [0.05, 0.1) is 5.02 Å². The minimum Gasteiger partial charge on any atom is -0.454 e. The molecule has 0 saturated heterocycles. The van der Waals surface area contributed by atoms with Crippen molar-refractivity contribution < 1.29 is 14.3 Å². The molecule has 0 unspecified atom stereocenters. The molecular weight excluding hydrogens is 364 g/mol. The molecular formula is C21H15ClN2O3. The zero-order chi connectivity index (χ0) is 19.0. The summed E-state index contributed by atoms with van der Waals surface area (Å²) in [6.45, 7) is 2.16. The van der Waals surface area contributed by atoms with Crippen LogP contribution in [0.4, 0.5) is 0 Å². The van der Waals surface area contributed by atoms with Gasteiger partial charge in [0.15, 0.2) is 11.5 Å². The number of halogens is 1. The van der Waals surface area contributed by atoms with E-state index >= 15 is 0 Å². The maximum Gasteiger partial charge on any atom is 0.231 e. The zero-order valence-corrected chi connectivity index (χ0v) is 15.3. The summed E-state index contributed by atoms with van der Waals surface area (Å²) in [6.07, 6.45) is 4.02. The summed E-state index contributed by atoms with van der Waals surface area (Å²) < 4.78 is 10.6. The molecule has 0 spiro atoms. The van der Waals surface area contributed by atoms with Gasteiger partial charge in [0.2, 0.25) is 12.6 Å². The van der Waals surface area contributed by atoms with Crippen LogP contribution in [-0.2, 0) is 6.42 Å². The Balaban J connectivity index is 1.76. The van der Waals surface area contributed by atoms with Crippen molar-refractivity contribution in [3.8, 4) is 17.6 Å². The maximum atomic E-state index is 13.0. The molecule has 134 valence electrons. The Morgan fingerprint density at radius 2 is 2.22 bits per heavy atom. The lowest BCUT2D eigenvalue weighted by molar-refractivity contribution is 0.104. The number of rotatable bonds is 4. The molecule has 2 aromatic carbocycles. The summed E-state index contributed by atoms with van der Waals surface area (Å²) in [7, 11) is 0. The third kappa shape index (κ3) is 2.94. The summed E-state index contributed by atoms with van der Waals surface area (Å²) in [4.78, 5) is 16.1. The van der Waals surface area contributed by atoms with Crippen LogP contribution in [0.1, 0.15) is 28.4 Å². The number of hydrogen-bond donors (Lipinski definition) is 1. The lowest BCUT2D eigenvalue weighted by Gasteiger charge is -2.03. The van der Waals surface area contributed by atoms with Crippen LogP contribution in [0.15, 0.2) is 42.1 Å². The maximum absolute atomic E-state index is 13.0. The molecule has 0 amide bonds. The smallest absolute Gasteiger partial charge is 0.231 e. The van der Waals surface area contributed by atoms with Crippen molar-refractivity contribution in [3.05, 3.63) is 63.8 Å². The molecule has 1 aromatic heterocycles. The Kier molecular flexibility index (Phi) is 4.35. The molecule has 0 aliphatic carbocycles. The molecule has 1 aliphatic heterocycles. The molecule has 3 aromatic rings. The van der Waals surface area contributed by atoms with Crippen LogP contribution in [0.3, 0.4) is 0 Å². The van der Waals surface area contributed by atoms with Gasteiger partial charge < -0.3 is 14.5 Å². The first-order chi connectivity index (χ1) is 13.1. The van der Waals surface area contributed by atoms with Gasteiger partial charge >= 0.3 is 0 Å². The average molecular weight is 379 g/mol. The highest BCUT2D eigenvalue weighted by atomic mass is 35.5. The number of aryl methyl sites for hydroxylation is 1. The fourth-order valence-electron chi connectivity index (χ4n) is 3.23. The number of allylic oxidation sites excluding steroid dienone is 1. The third-order valence-electron chi connectivity index (χ3n) is 4.55. The fraction of sp³-hybridized carbons (Fsp3) is 0.143. The summed E-state index contributed by atoms with van der Waals surface area (Å²) in [5, 5.41) is 10.7. The Labute approximate surface area is 160 Å². The number of nitrogens with zero attached hydrogens (tertiary/aromatic N) is 1. The van der Waals surface area contributed by atoms with Crippen molar-refractivity contribution in [2.45, 2.75) is 13.3 Å². The minimum atomic E-state index is -0.342. The van der Waals surface area contributed by atoms with Crippen LogP contribution in [0.25, 0.3) is 17.0 Å². The van der Waals surface area contributed by atoms with E-state index < -0.39 is 0 Å². The van der Waals surface area contributed by atoms with E-state index in [1.165, 1.54) is 6.08 Å². The Morgan fingerprint density at radius 3 is 3.00 bits per heavy atom. The van der Waals surface area contributed by atoms with Gasteiger partial charge in [0.25, 0.3) is 0 Å². The van der Waals surface area contributed by atoms with Crippen LogP contribution in [0, 0.1) is 11.3 Å². The molecule has 0 atom stereocenters. The van der Waals surface area contributed by atoms with E-state index in [2.05, 4.69) is 11.9 Å². The number of aromatic amines is 1. The fourth-order valence-corrected chi connectivity index (χ4v) is 3.50. The van der Waals surface area contributed by atoms with E-state index in [1.807, 2.05) is 24.3 Å². The Hall–Kier alpha value is -3.23. The topological polar surface area (TPSA) is 75.1 Å². The first kappa shape index (κ1) is 17.2. The van der Waals surface area contributed by atoms with E-state index in [-0.39, 0.29) is 18.1 Å². The van der Waals surface area contributed by atoms with Crippen molar-refractivity contribution in [3.63, 3.8) is 0 Å². The van der Waals surface area contributed by atoms with Gasteiger partial charge in [-0.3, -0.25) is 4.79 Å². The number of H-pyrrole nitrogens is 1. The third-order valence-corrected chi connectivity index (χ3v) is 4.83. The zero-order valence-electron chi connectivity index (χ0n) is 14.5. The second-order valence-corrected chi connectivity index (χ2v) is 6.54. The predicted octanol–water partition coefficient (Wildman–Crippen LogP) is 4.90. The van der Waals surface area contributed by atoms with Crippen LogP contribution in [0.2, 0.25) is 5.02 Å². The van der Waals surface area contributed by atoms with Crippen molar-refractivity contribution in [1.82, 2.24) is 4.98 Å². The number of carbonyl (C=O) groups is 1. The number of carbonyl (C=O) groups excluding carboxylic acids is 1. The van der Waals surface area contributed by atoms with Crippen LogP contribution >= 0.6 is 11.6 Å². The van der Waals surface area contributed by atoms with E-state index in [0.717, 1.165) is 22.9 Å². The molecule has 6 heteroatoms. The number of fused-ring (bicyclic) bond motifs is 2. The summed E-state index contributed by atoms with van der Waals surface area (Å²) in [5.74, 6) is 0.631. The number of benzene rings is 2. The highest BCUT2D eigenvalue weighted by Gasteiger charge is 2.20. The molecule has 1 N–H and O–H groups in total. The van der Waals surface area contributed by atoms with E-state index in [4.69, 9.17) is 21.1 Å². The van der Waals surface area contributed by atoms with Crippen LogP contribution in [-0.4, -0.2) is 17.6 Å². The predicted molar refractivity (Wildman–Crippen MR) is 103 cm³/mol. The van der Waals surface area contributed by atoms with Crippen molar-refractivity contribution >= 4 is 34.4 Å². The number of aromatic nitrogens is 1. The number of ketones is 1. The highest BCUT2D eigenvalue weighted by molar-refractivity contribution is 6.32. The van der Waals surface area contributed by atoms with Gasteiger partial charge in [-0.05, 0) is 35.8 Å². The molecule has 5 nitrogen and oxygen atoms in total. The average Bonchev–Trinajstić information content (AvgIpc) is 3.32. The van der Waals surface area contributed by atoms with Crippen LogP contribution < -0.4 is 9.47 Å². The molecule has 4 rings (SSSR count). The molecule has 1 aliphatic rings. The normalized spacial score (nSPS) is 13.0. The van der Waals surface area contributed by atoms with Crippen molar-refractivity contribution in [1.29, 1.82) is 5.26 Å². The largest absolute Gasteiger partial charge is 0.454 e. The number of nitriles is 1. The SMILES string of the molecule is CCc1cccc2c(C(=O)C(C#N)=Cc3cc(Cl)c4c(c3)OCO4)c[nH]c12. The monoisotopic (exact) mass is 378 g/mol. The van der Waals surface area contributed by atoms with Gasteiger partial charge in [0.1, 0.15) is 11.6 Å². The van der Waals surface area contributed by atoms with E-state index in [9.17, 15) is 10.1 Å². The number of para-hydroxylation sites is 1. The molecule has 0 bridgehead atoms.